The molecule has 3 rings (SSSR count). The SMILES string of the molecule is [C-]#[N+]C1=C(C(F)(F)F)N=C(C)C(C(=O)OCC)C1c1cc(F)cc2c(=O)cc(C)oc12. The molecule has 1 aromatic carbocycles. The minimum Gasteiger partial charge on any atom is -0.466 e. The fourth-order valence-electron chi connectivity index (χ4n) is 3.64. The Morgan fingerprint density at radius 1 is 1.29 bits per heavy atom. The van der Waals surface area contributed by atoms with E-state index >= 15 is 0 Å². The van der Waals surface area contributed by atoms with Crippen molar-refractivity contribution in [1.82, 2.24) is 0 Å². The molecule has 0 N–H and O–H groups in total. The maximum absolute atomic E-state index is 14.4. The number of halogens is 4. The van der Waals surface area contributed by atoms with Crippen molar-refractivity contribution in [2.45, 2.75) is 32.9 Å². The average Bonchev–Trinajstić information content (AvgIpc) is 2.66. The second-order valence-electron chi connectivity index (χ2n) is 6.90. The third-order valence-corrected chi connectivity index (χ3v) is 4.82. The smallest absolute Gasteiger partial charge is 0.423 e. The Morgan fingerprint density at radius 2 is 1.97 bits per heavy atom. The van der Waals surface area contributed by atoms with E-state index in [2.05, 4.69) is 9.84 Å². The molecule has 2 atom stereocenters. The van der Waals surface area contributed by atoms with Crippen LogP contribution in [0.25, 0.3) is 15.8 Å². The van der Waals surface area contributed by atoms with Crippen molar-refractivity contribution in [2.24, 2.45) is 10.9 Å². The van der Waals surface area contributed by atoms with Gasteiger partial charge in [-0.25, -0.2) is 9.24 Å². The second-order valence-corrected chi connectivity index (χ2v) is 6.90. The number of nitrogens with zero attached hydrogens (tertiary/aromatic N) is 2. The van der Waals surface area contributed by atoms with Gasteiger partial charge >= 0.3 is 12.1 Å². The summed E-state index contributed by atoms with van der Waals surface area (Å²) in [6.45, 7) is 11.5. The quantitative estimate of drug-likeness (QED) is 0.398. The molecule has 2 heterocycles. The van der Waals surface area contributed by atoms with Crippen LogP contribution in [0.3, 0.4) is 0 Å². The molecule has 1 aromatic heterocycles. The molecular formula is C21H16F4N2O4. The maximum Gasteiger partial charge on any atom is 0.423 e. The van der Waals surface area contributed by atoms with Crippen molar-refractivity contribution in [3.63, 3.8) is 0 Å². The Kier molecular flexibility index (Phi) is 5.72. The Hall–Kier alpha value is -3.48. The second kappa shape index (κ2) is 7.98. The number of hydrogen-bond donors (Lipinski definition) is 0. The van der Waals surface area contributed by atoms with Gasteiger partial charge in [-0.2, -0.15) is 13.2 Å². The molecule has 10 heteroatoms. The van der Waals surface area contributed by atoms with Gasteiger partial charge < -0.3 is 9.15 Å². The number of esters is 1. The number of alkyl halides is 3. The van der Waals surface area contributed by atoms with E-state index in [0.717, 1.165) is 18.2 Å². The summed E-state index contributed by atoms with van der Waals surface area (Å²) in [4.78, 5) is 31.5. The van der Waals surface area contributed by atoms with Gasteiger partial charge in [-0.15, -0.1) is 0 Å². The molecule has 0 aliphatic carbocycles. The van der Waals surface area contributed by atoms with E-state index in [1.54, 1.807) is 0 Å². The molecule has 0 fully saturated rings. The van der Waals surface area contributed by atoms with E-state index in [4.69, 9.17) is 15.7 Å². The molecule has 1 aliphatic heterocycles. The molecule has 31 heavy (non-hydrogen) atoms. The Balaban J connectivity index is 2.45. The lowest BCUT2D eigenvalue weighted by Crippen LogP contribution is -2.36. The number of fused-ring (bicyclic) bond motifs is 1. The van der Waals surface area contributed by atoms with E-state index in [1.165, 1.54) is 20.8 Å². The van der Waals surface area contributed by atoms with Crippen LogP contribution in [0, 0.1) is 25.2 Å². The number of carbonyl (C=O) groups is 1. The fourth-order valence-corrected chi connectivity index (χ4v) is 3.64. The van der Waals surface area contributed by atoms with Gasteiger partial charge in [-0.05, 0) is 38.5 Å². The third-order valence-electron chi connectivity index (χ3n) is 4.82. The van der Waals surface area contributed by atoms with Crippen LogP contribution < -0.4 is 5.43 Å². The summed E-state index contributed by atoms with van der Waals surface area (Å²) < 4.78 is 66.0. The Labute approximate surface area is 173 Å². The van der Waals surface area contributed by atoms with Gasteiger partial charge in [0.05, 0.1) is 24.5 Å². The van der Waals surface area contributed by atoms with E-state index in [-0.39, 0.29) is 34.6 Å². The van der Waals surface area contributed by atoms with Crippen LogP contribution >= 0.6 is 0 Å². The first-order chi connectivity index (χ1) is 14.5. The Morgan fingerprint density at radius 3 is 2.55 bits per heavy atom. The highest BCUT2D eigenvalue weighted by molar-refractivity contribution is 6.04. The predicted octanol–water partition coefficient (Wildman–Crippen LogP) is 4.67. The van der Waals surface area contributed by atoms with Crippen LogP contribution in [0.4, 0.5) is 17.6 Å². The molecule has 0 bridgehead atoms. The van der Waals surface area contributed by atoms with E-state index < -0.39 is 46.6 Å². The van der Waals surface area contributed by atoms with Gasteiger partial charge in [-0.1, -0.05) is 0 Å². The molecule has 2 aromatic rings. The van der Waals surface area contributed by atoms with Crippen LogP contribution in [-0.2, 0) is 9.53 Å². The minimum atomic E-state index is -5.00. The average molecular weight is 436 g/mol. The summed E-state index contributed by atoms with van der Waals surface area (Å²) in [7, 11) is 0. The lowest BCUT2D eigenvalue weighted by atomic mass is 9.78. The summed E-state index contributed by atoms with van der Waals surface area (Å²) in [5.74, 6) is -4.79. The fraction of sp³-hybridized carbons (Fsp3) is 0.333. The van der Waals surface area contributed by atoms with Gasteiger partial charge in [0, 0.05) is 17.7 Å². The predicted molar refractivity (Wildman–Crippen MR) is 103 cm³/mol. The molecule has 0 saturated heterocycles. The minimum absolute atomic E-state index is 0.0728. The van der Waals surface area contributed by atoms with Crippen molar-refractivity contribution < 1.29 is 31.5 Å². The molecule has 162 valence electrons. The van der Waals surface area contributed by atoms with Crippen LogP contribution in [-0.4, -0.2) is 24.5 Å². The summed E-state index contributed by atoms with van der Waals surface area (Å²) in [5.41, 5.74) is -3.71. The molecule has 6 nitrogen and oxygen atoms in total. The zero-order valence-corrected chi connectivity index (χ0v) is 16.6. The highest BCUT2D eigenvalue weighted by Crippen LogP contribution is 2.46. The standard InChI is InChI=1S/C21H16F4N2O4/c1-5-30-20(29)15-10(3)27-19(21(23,24)25)17(26-4)16(15)13-8-11(22)7-12-14(28)6-9(2)31-18(12)13/h6-8,15-16H,5H2,1-3H3. The number of hydrogen-bond acceptors (Lipinski definition) is 5. The largest absolute Gasteiger partial charge is 0.466 e. The van der Waals surface area contributed by atoms with Crippen molar-refractivity contribution in [3.8, 4) is 0 Å². The first-order valence-corrected chi connectivity index (χ1v) is 9.14. The number of aliphatic imine (C=N–C) groups is 1. The summed E-state index contributed by atoms with van der Waals surface area (Å²) in [6.07, 6.45) is -5.00. The number of ether oxygens (including phenoxy) is 1. The summed E-state index contributed by atoms with van der Waals surface area (Å²) in [5, 5.41) is -0.221. The molecule has 2 unspecified atom stereocenters. The Bertz CT molecular complexity index is 1230. The number of carbonyl (C=O) groups excluding carboxylic acids is 1. The number of allylic oxidation sites excluding steroid dienone is 2. The van der Waals surface area contributed by atoms with Crippen molar-refractivity contribution in [1.29, 1.82) is 0 Å². The maximum atomic E-state index is 14.4. The zero-order chi connectivity index (χ0) is 23.1. The molecule has 0 amide bonds. The topological polar surface area (TPSA) is 73.2 Å². The van der Waals surface area contributed by atoms with Crippen LogP contribution in [0.15, 0.2) is 43.8 Å². The van der Waals surface area contributed by atoms with Crippen molar-refractivity contribution in [2.75, 3.05) is 6.61 Å². The van der Waals surface area contributed by atoms with E-state index in [9.17, 15) is 27.2 Å². The summed E-state index contributed by atoms with van der Waals surface area (Å²) >= 11 is 0. The highest BCUT2D eigenvalue weighted by atomic mass is 19.4. The normalized spacial score (nSPS) is 19.2. The lowest BCUT2D eigenvalue weighted by molar-refractivity contribution is -0.146. The monoisotopic (exact) mass is 436 g/mol. The molecular weight excluding hydrogens is 420 g/mol. The summed E-state index contributed by atoms with van der Waals surface area (Å²) in [6, 6.07) is 2.85. The lowest BCUT2D eigenvalue weighted by Gasteiger charge is -2.31. The van der Waals surface area contributed by atoms with Gasteiger partial charge in [0.1, 0.15) is 22.9 Å². The first kappa shape index (κ1) is 22.2. The third kappa shape index (κ3) is 3.95. The van der Waals surface area contributed by atoms with Crippen LogP contribution in [0.5, 0.6) is 0 Å². The highest BCUT2D eigenvalue weighted by Gasteiger charge is 2.48. The van der Waals surface area contributed by atoms with Gasteiger partial charge in [0.15, 0.2) is 5.43 Å². The molecule has 0 radical (unpaired) electrons. The molecule has 0 spiro atoms. The van der Waals surface area contributed by atoms with Gasteiger partial charge in [-0.3, -0.25) is 14.6 Å². The van der Waals surface area contributed by atoms with E-state index in [0.29, 0.717) is 0 Å². The number of aryl methyl sites for hydroxylation is 1. The zero-order valence-electron chi connectivity index (χ0n) is 16.6. The first-order valence-electron chi connectivity index (χ1n) is 9.14. The van der Waals surface area contributed by atoms with E-state index in [1.807, 2.05) is 0 Å². The van der Waals surface area contributed by atoms with Crippen LogP contribution in [0.2, 0.25) is 0 Å². The molecule has 0 saturated carbocycles. The van der Waals surface area contributed by atoms with Crippen LogP contribution in [0.1, 0.15) is 31.1 Å². The number of rotatable bonds is 3. The van der Waals surface area contributed by atoms with Gasteiger partial charge in [0.25, 0.3) is 0 Å². The van der Waals surface area contributed by atoms with Crippen molar-refractivity contribution in [3.05, 3.63) is 68.4 Å². The van der Waals surface area contributed by atoms with Crippen molar-refractivity contribution >= 4 is 22.7 Å². The molecule has 1 aliphatic rings. The number of benzene rings is 1. The van der Waals surface area contributed by atoms with Gasteiger partial charge in [0.2, 0.25) is 5.70 Å².